The maximum absolute atomic E-state index is 4.69. The number of rotatable bonds is 3. The second kappa shape index (κ2) is 5.10. The van der Waals surface area contributed by atoms with E-state index in [1.54, 1.807) is 22.8 Å². The smallest absolute Gasteiger partial charge is 0.162 e. The topological polar surface area (TPSA) is 60.9 Å². The molecule has 0 bridgehead atoms. The van der Waals surface area contributed by atoms with Gasteiger partial charge in [-0.3, -0.25) is 4.68 Å². The molecule has 0 unspecified atom stereocenters. The Morgan fingerprint density at radius 2 is 2.14 bits per heavy atom. The highest BCUT2D eigenvalue weighted by Gasteiger charge is 2.10. The Bertz CT molecular complexity index is 971. The number of aryl methyl sites for hydroxylation is 2. The van der Waals surface area contributed by atoms with Crippen molar-refractivity contribution in [3.63, 3.8) is 0 Å². The van der Waals surface area contributed by atoms with Crippen LogP contribution in [0.2, 0.25) is 0 Å². The van der Waals surface area contributed by atoms with Crippen LogP contribution < -0.4 is 0 Å². The minimum Gasteiger partial charge on any atom is -0.307 e. The molecule has 0 atom stereocenters. The van der Waals surface area contributed by atoms with Crippen molar-refractivity contribution in [2.24, 2.45) is 7.05 Å². The van der Waals surface area contributed by atoms with Gasteiger partial charge in [0.05, 0.1) is 17.3 Å². The molecule has 0 aliphatic heterocycles. The summed E-state index contributed by atoms with van der Waals surface area (Å²) in [6.07, 6.45) is 7.48. The second-order valence-corrected chi connectivity index (χ2v) is 6.09. The number of nitrogens with zero attached hydrogens (tertiary/aromatic N) is 6. The molecule has 4 rings (SSSR count). The van der Waals surface area contributed by atoms with Gasteiger partial charge in [0.2, 0.25) is 0 Å². The lowest BCUT2D eigenvalue weighted by molar-refractivity contribution is 0.784. The molecule has 0 spiro atoms. The fourth-order valence-corrected chi connectivity index (χ4v) is 3.32. The molecule has 0 saturated heterocycles. The molecule has 0 saturated carbocycles. The summed E-state index contributed by atoms with van der Waals surface area (Å²) < 4.78 is 3.82. The molecule has 0 amide bonds. The molecule has 0 aliphatic rings. The molecule has 4 aromatic heterocycles. The lowest BCUT2D eigenvalue weighted by atomic mass is 10.3. The number of hydrogen-bond donors (Lipinski definition) is 0. The lowest BCUT2D eigenvalue weighted by Crippen LogP contribution is -1.93. The number of fused-ring (bicyclic) bond motifs is 2. The minimum atomic E-state index is 0.766. The van der Waals surface area contributed by atoms with Gasteiger partial charge in [0, 0.05) is 25.2 Å². The lowest BCUT2D eigenvalue weighted by Gasteiger charge is -2.00. The second-order valence-electron chi connectivity index (χ2n) is 5.13. The SMILES string of the molecule is Cc1cccn2cc(CSc3ncnc4c3cnn4C)nc12. The first-order valence-electron chi connectivity index (χ1n) is 6.91. The van der Waals surface area contributed by atoms with Crippen LogP contribution in [-0.2, 0) is 12.8 Å². The Morgan fingerprint density at radius 3 is 3.00 bits per heavy atom. The van der Waals surface area contributed by atoms with Crippen LogP contribution in [-0.4, -0.2) is 29.1 Å². The van der Waals surface area contributed by atoms with Gasteiger partial charge in [0.15, 0.2) is 5.65 Å². The van der Waals surface area contributed by atoms with Crippen molar-refractivity contribution < 1.29 is 0 Å². The summed E-state index contributed by atoms with van der Waals surface area (Å²) in [6.45, 7) is 2.07. The predicted octanol–water partition coefficient (Wildman–Crippen LogP) is 2.61. The molecule has 22 heavy (non-hydrogen) atoms. The van der Waals surface area contributed by atoms with Crippen LogP contribution >= 0.6 is 11.8 Å². The Hall–Kier alpha value is -2.41. The minimum absolute atomic E-state index is 0.766. The Morgan fingerprint density at radius 1 is 1.23 bits per heavy atom. The summed E-state index contributed by atoms with van der Waals surface area (Å²) >= 11 is 1.66. The number of aromatic nitrogens is 6. The van der Waals surface area contributed by atoms with E-state index in [0.717, 1.165) is 33.2 Å². The summed E-state index contributed by atoms with van der Waals surface area (Å²) in [5.41, 5.74) is 4.07. The van der Waals surface area contributed by atoms with Crippen molar-refractivity contribution in [2.45, 2.75) is 17.7 Å². The summed E-state index contributed by atoms with van der Waals surface area (Å²) in [4.78, 5) is 13.3. The third-order valence-corrected chi connectivity index (χ3v) is 4.62. The van der Waals surface area contributed by atoms with Gasteiger partial charge in [0.25, 0.3) is 0 Å². The van der Waals surface area contributed by atoms with E-state index in [2.05, 4.69) is 38.7 Å². The standard InChI is InChI=1S/C15H14N6S/c1-10-4-3-5-21-7-11(19-13(10)21)8-22-15-12-6-18-20(2)14(12)16-9-17-15/h3-7,9H,8H2,1-2H3. The summed E-state index contributed by atoms with van der Waals surface area (Å²) in [5.74, 6) is 0.766. The number of hydrogen-bond acceptors (Lipinski definition) is 5. The highest BCUT2D eigenvalue weighted by molar-refractivity contribution is 7.98. The van der Waals surface area contributed by atoms with E-state index in [0.29, 0.717) is 0 Å². The summed E-state index contributed by atoms with van der Waals surface area (Å²) in [7, 11) is 1.88. The zero-order valence-corrected chi connectivity index (χ0v) is 13.1. The summed E-state index contributed by atoms with van der Waals surface area (Å²) in [5, 5.41) is 6.16. The Labute approximate surface area is 131 Å². The average Bonchev–Trinajstić information content (AvgIpc) is 3.11. The highest BCUT2D eigenvalue weighted by atomic mass is 32.2. The van der Waals surface area contributed by atoms with Gasteiger partial charge in [-0.05, 0) is 18.6 Å². The first kappa shape index (κ1) is 13.3. The third-order valence-electron chi connectivity index (χ3n) is 3.58. The van der Waals surface area contributed by atoms with Crippen molar-refractivity contribution in [1.29, 1.82) is 0 Å². The maximum atomic E-state index is 4.69. The quantitative estimate of drug-likeness (QED) is 0.430. The van der Waals surface area contributed by atoms with E-state index in [9.17, 15) is 0 Å². The molecule has 4 heterocycles. The van der Waals surface area contributed by atoms with Gasteiger partial charge in [-0.1, -0.05) is 17.8 Å². The van der Waals surface area contributed by atoms with Gasteiger partial charge >= 0.3 is 0 Å². The Kier molecular flexibility index (Phi) is 3.07. The van der Waals surface area contributed by atoms with Gasteiger partial charge < -0.3 is 4.40 Å². The van der Waals surface area contributed by atoms with E-state index in [1.807, 2.05) is 25.5 Å². The van der Waals surface area contributed by atoms with Crippen LogP contribution in [0.3, 0.4) is 0 Å². The molecular weight excluding hydrogens is 296 g/mol. The molecule has 6 nitrogen and oxygen atoms in total. The largest absolute Gasteiger partial charge is 0.307 e. The molecule has 110 valence electrons. The average molecular weight is 310 g/mol. The molecule has 7 heteroatoms. The zero-order valence-electron chi connectivity index (χ0n) is 12.3. The zero-order chi connectivity index (χ0) is 15.1. The first-order valence-corrected chi connectivity index (χ1v) is 7.89. The molecule has 0 N–H and O–H groups in total. The van der Waals surface area contributed by atoms with Crippen LogP contribution in [0.15, 0.2) is 42.1 Å². The molecule has 0 aliphatic carbocycles. The van der Waals surface area contributed by atoms with Crippen LogP contribution in [0.25, 0.3) is 16.7 Å². The molecular formula is C15H14N6S. The number of thioether (sulfide) groups is 1. The van der Waals surface area contributed by atoms with Crippen molar-refractivity contribution >= 4 is 28.4 Å². The van der Waals surface area contributed by atoms with Gasteiger partial charge in [-0.15, -0.1) is 0 Å². The van der Waals surface area contributed by atoms with E-state index in [1.165, 1.54) is 5.56 Å². The number of pyridine rings is 1. The summed E-state index contributed by atoms with van der Waals surface area (Å²) in [6, 6.07) is 4.10. The van der Waals surface area contributed by atoms with Crippen LogP contribution in [0.4, 0.5) is 0 Å². The fraction of sp³-hybridized carbons (Fsp3) is 0.200. The van der Waals surface area contributed by atoms with Gasteiger partial charge in [-0.2, -0.15) is 5.10 Å². The fourth-order valence-electron chi connectivity index (χ4n) is 2.47. The van der Waals surface area contributed by atoms with Crippen molar-refractivity contribution in [2.75, 3.05) is 0 Å². The molecule has 0 aromatic carbocycles. The van der Waals surface area contributed by atoms with Crippen molar-refractivity contribution in [3.8, 4) is 0 Å². The highest BCUT2D eigenvalue weighted by Crippen LogP contribution is 2.26. The van der Waals surface area contributed by atoms with Gasteiger partial charge in [-0.25, -0.2) is 15.0 Å². The van der Waals surface area contributed by atoms with Crippen molar-refractivity contribution in [3.05, 3.63) is 48.3 Å². The first-order chi connectivity index (χ1) is 10.7. The van der Waals surface area contributed by atoms with Crippen molar-refractivity contribution in [1.82, 2.24) is 29.1 Å². The monoisotopic (exact) mass is 310 g/mol. The molecule has 0 fully saturated rings. The van der Waals surface area contributed by atoms with Crippen LogP contribution in [0, 0.1) is 6.92 Å². The molecule has 0 radical (unpaired) electrons. The van der Waals surface area contributed by atoms with E-state index in [-0.39, 0.29) is 0 Å². The van der Waals surface area contributed by atoms with Crippen LogP contribution in [0.1, 0.15) is 11.3 Å². The maximum Gasteiger partial charge on any atom is 0.162 e. The van der Waals surface area contributed by atoms with E-state index >= 15 is 0 Å². The van der Waals surface area contributed by atoms with E-state index in [4.69, 9.17) is 4.98 Å². The third kappa shape index (κ3) is 2.14. The van der Waals surface area contributed by atoms with E-state index < -0.39 is 0 Å². The predicted molar refractivity (Wildman–Crippen MR) is 85.8 cm³/mol. The normalized spacial score (nSPS) is 11.5. The molecule has 4 aromatic rings. The Balaban J connectivity index is 1.64. The number of imidazole rings is 1. The van der Waals surface area contributed by atoms with Gasteiger partial charge in [0.1, 0.15) is 17.0 Å². The van der Waals surface area contributed by atoms with Crippen LogP contribution in [0.5, 0.6) is 0 Å².